The normalized spacial score (nSPS) is 11.0. The zero-order valence-corrected chi connectivity index (χ0v) is 13.1. The molecule has 1 amide bonds. The van der Waals surface area contributed by atoms with Crippen molar-refractivity contribution in [2.24, 2.45) is 0 Å². The zero-order valence-electron chi connectivity index (χ0n) is 9.92. The summed E-state index contributed by atoms with van der Waals surface area (Å²) in [5.74, 6) is -4.65. The van der Waals surface area contributed by atoms with Gasteiger partial charge in [0.2, 0.25) is 0 Å². The first kappa shape index (κ1) is 14.5. The van der Waals surface area contributed by atoms with Gasteiger partial charge in [-0.2, -0.15) is 0 Å². The Bertz CT molecular complexity index is 862. The molecule has 0 fully saturated rings. The second kappa shape index (κ2) is 5.39. The van der Waals surface area contributed by atoms with Crippen molar-refractivity contribution in [1.82, 2.24) is 4.98 Å². The predicted molar refractivity (Wildman–Crippen MR) is 79.5 cm³/mol. The second-order valence-corrected chi connectivity index (χ2v) is 7.40. The highest BCUT2D eigenvalue weighted by Crippen LogP contribution is 2.31. The van der Waals surface area contributed by atoms with E-state index < -0.39 is 23.4 Å². The summed E-state index contributed by atoms with van der Waals surface area (Å²) >= 11 is 5.32. The van der Waals surface area contributed by atoms with Gasteiger partial charge >= 0.3 is 0 Å². The Labute approximate surface area is 132 Å². The highest BCUT2D eigenvalue weighted by Gasteiger charge is 2.18. The van der Waals surface area contributed by atoms with Gasteiger partial charge in [0.05, 0.1) is 13.4 Å². The molecule has 0 saturated heterocycles. The minimum absolute atomic E-state index is 0.0726. The molecule has 0 aliphatic heterocycles. The summed E-state index contributed by atoms with van der Waals surface area (Å²) in [6, 6.07) is 4.17. The molecule has 2 aromatic heterocycles. The number of carbonyl (C=O) groups excluding carboxylic acids is 1. The fourth-order valence-electron chi connectivity index (χ4n) is 1.62. The van der Waals surface area contributed by atoms with Gasteiger partial charge in [-0.05, 0) is 34.1 Å². The largest absolute Gasteiger partial charge is 0.297 e. The number of anilines is 1. The number of nitrogens with one attached hydrogen (secondary N) is 1. The Hall–Kier alpha value is -1.45. The predicted octanol–water partition coefficient (Wildman–Crippen LogP) is 4.79. The van der Waals surface area contributed by atoms with Crippen LogP contribution in [0.1, 0.15) is 9.67 Å². The summed E-state index contributed by atoms with van der Waals surface area (Å²) in [5, 5.41) is 2.55. The van der Waals surface area contributed by atoms with Crippen molar-refractivity contribution in [3.63, 3.8) is 0 Å². The molecule has 0 aliphatic carbocycles. The van der Waals surface area contributed by atoms with E-state index >= 15 is 0 Å². The summed E-state index contributed by atoms with van der Waals surface area (Å²) in [5.41, 5.74) is -0.304. The molecular weight excluding hydrogens is 389 g/mol. The van der Waals surface area contributed by atoms with Crippen molar-refractivity contribution in [2.45, 2.75) is 0 Å². The van der Waals surface area contributed by atoms with Crippen molar-refractivity contribution in [3.8, 4) is 0 Å². The first-order valence-electron chi connectivity index (χ1n) is 5.46. The van der Waals surface area contributed by atoms with Gasteiger partial charge in [0.25, 0.3) is 5.91 Å². The third kappa shape index (κ3) is 2.68. The Morgan fingerprint density at radius 2 is 1.95 bits per heavy atom. The van der Waals surface area contributed by atoms with Crippen LogP contribution in [-0.2, 0) is 0 Å². The number of fused-ring (bicyclic) bond motifs is 1. The SMILES string of the molecule is O=C(Nc1nc2c(F)c(F)c(F)cc2s1)c1ccc(Br)s1. The molecule has 2 heterocycles. The zero-order chi connectivity index (χ0) is 15.1. The quantitative estimate of drug-likeness (QED) is 0.637. The van der Waals surface area contributed by atoms with E-state index in [1.165, 1.54) is 11.3 Å². The van der Waals surface area contributed by atoms with E-state index in [-0.39, 0.29) is 15.3 Å². The molecule has 3 nitrogen and oxygen atoms in total. The van der Waals surface area contributed by atoms with Crippen LogP contribution in [0.5, 0.6) is 0 Å². The van der Waals surface area contributed by atoms with Gasteiger partial charge in [0.15, 0.2) is 22.6 Å². The number of thiophene rings is 1. The average molecular weight is 393 g/mol. The number of hydrogen-bond donors (Lipinski definition) is 1. The minimum Gasteiger partial charge on any atom is -0.297 e. The molecule has 0 atom stereocenters. The van der Waals surface area contributed by atoms with E-state index in [1.54, 1.807) is 12.1 Å². The van der Waals surface area contributed by atoms with Gasteiger partial charge in [-0.25, -0.2) is 18.2 Å². The lowest BCUT2D eigenvalue weighted by Gasteiger charge is -1.97. The van der Waals surface area contributed by atoms with Gasteiger partial charge in [-0.3, -0.25) is 10.1 Å². The molecule has 0 unspecified atom stereocenters. The highest BCUT2D eigenvalue weighted by molar-refractivity contribution is 9.11. The van der Waals surface area contributed by atoms with Gasteiger partial charge in [-0.1, -0.05) is 11.3 Å². The number of halogens is 4. The monoisotopic (exact) mass is 392 g/mol. The average Bonchev–Trinajstić information content (AvgIpc) is 3.02. The van der Waals surface area contributed by atoms with Crippen molar-refractivity contribution in [1.29, 1.82) is 0 Å². The van der Waals surface area contributed by atoms with Crippen LogP contribution in [0, 0.1) is 17.5 Å². The Morgan fingerprint density at radius 3 is 2.62 bits per heavy atom. The fourth-order valence-corrected chi connectivity index (χ4v) is 3.79. The topological polar surface area (TPSA) is 42.0 Å². The van der Waals surface area contributed by atoms with Crippen LogP contribution < -0.4 is 5.32 Å². The van der Waals surface area contributed by atoms with Crippen LogP contribution in [0.3, 0.4) is 0 Å². The van der Waals surface area contributed by atoms with Crippen LogP contribution in [0.15, 0.2) is 22.0 Å². The molecular formula is C12H4BrF3N2OS2. The van der Waals surface area contributed by atoms with Crippen LogP contribution in [0.2, 0.25) is 0 Å². The Morgan fingerprint density at radius 1 is 1.19 bits per heavy atom. The van der Waals surface area contributed by atoms with Gasteiger partial charge < -0.3 is 0 Å². The third-order valence-electron chi connectivity index (χ3n) is 2.54. The summed E-state index contributed by atoms with van der Waals surface area (Å²) < 4.78 is 40.7. The maximum absolute atomic E-state index is 13.5. The second-order valence-electron chi connectivity index (χ2n) is 3.91. The molecule has 0 spiro atoms. The van der Waals surface area contributed by atoms with Crippen LogP contribution >= 0.6 is 38.6 Å². The lowest BCUT2D eigenvalue weighted by Crippen LogP contribution is -2.09. The van der Waals surface area contributed by atoms with Crippen molar-refractivity contribution in [3.05, 3.63) is 44.3 Å². The summed E-state index contributed by atoms with van der Waals surface area (Å²) in [6.07, 6.45) is 0. The van der Waals surface area contributed by atoms with E-state index in [4.69, 9.17) is 0 Å². The van der Waals surface area contributed by atoms with Crippen molar-refractivity contribution in [2.75, 3.05) is 5.32 Å². The van der Waals surface area contributed by atoms with Gasteiger partial charge in [-0.15, -0.1) is 11.3 Å². The maximum Gasteiger partial charge on any atom is 0.267 e. The molecule has 1 aromatic carbocycles. The number of benzene rings is 1. The smallest absolute Gasteiger partial charge is 0.267 e. The Balaban J connectivity index is 1.95. The lowest BCUT2D eigenvalue weighted by atomic mass is 10.3. The molecule has 3 aromatic rings. The van der Waals surface area contributed by atoms with E-state index in [0.29, 0.717) is 4.88 Å². The summed E-state index contributed by atoms with van der Waals surface area (Å²) in [6.45, 7) is 0. The number of nitrogens with zero attached hydrogens (tertiary/aromatic N) is 1. The van der Waals surface area contributed by atoms with Gasteiger partial charge in [0.1, 0.15) is 5.52 Å². The first-order chi connectivity index (χ1) is 9.95. The van der Waals surface area contributed by atoms with E-state index in [0.717, 1.165) is 21.2 Å². The van der Waals surface area contributed by atoms with Crippen molar-refractivity contribution < 1.29 is 18.0 Å². The molecule has 9 heteroatoms. The maximum atomic E-state index is 13.5. The fraction of sp³-hybridized carbons (Fsp3) is 0. The summed E-state index contributed by atoms with van der Waals surface area (Å²) in [7, 11) is 0. The molecule has 3 rings (SSSR count). The Kier molecular flexibility index (Phi) is 3.72. The number of aromatic nitrogens is 1. The standard InChI is InChI=1S/C12H4BrF3N2OS2/c13-7-2-1-5(20-7)11(19)18-12-17-10-6(21-12)3-4(14)8(15)9(10)16/h1-3H,(H,17,18,19). The van der Waals surface area contributed by atoms with E-state index in [9.17, 15) is 18.0 Å². The first-order valence-corrected chi connectivity index (χ1v) is 7.89. The van der Waals surface area contributed by atoms with E-state index in [1.807, 2.05) is 0 Å². The van der Waals surface area contributed by atoms with Crippen molar-refractivity contribution >= 4 is 59.9 Å². The number of rotatable bonds is 2. The molecule has 0 aliphatic rings. The molecule has 1 N–H and O–H groups in total. The van der Waals surface area contributed by atoms with Crippen LogP contribution in [0.4, 0.5) is 18.3 Å². The number of carbonyl (C=O) groups is 1. The summed E-state index contributed by atoms with van der Waals surface area (Å²) in [4.78, 5) is 16.1. The number of hydrogen-bond acceptors (Lipinski definition) is 4. The van der Waals surface area contributed by atoms with Crippen LogP contribution in [-0.4, -0.2) is 10.9 Å². The number of thiazole rings is 1. The highest BCUT2D eigenvalue weighted by atomic mass is 79.9. The molecule has 0 saturated carbocycles. The third-order valence-corrected chi connectivity index (χ3v) is 5.08. The molecule has 0 bridgehead atoms. The van der Waals surface area contributed by atoms with Crippen LogP contribution in [0.25, 0.3) is 10.2 Å². The molecule has 0 radical (unpaired) electrons. The number of amides is 1. The van der Waals surface area contributed by atoms with E-state index in [2.05, 4.69) is 26.2 Å². The lowest BCUT2D eigenvalue weighted by molar-refractivity contribution is 0.103. The van der Waals surface area contributed by atoms with Gasteiger partial charge in [0, 0.05) is 0 Å². The minimum atomic E-state index is -1.58. The molecule has 108 valence electrons. The molecule has 21 heavy (non-hydrogen) atoms.